The van der Waals surface area contributed by atoms with Crippen LogP contribution in [0.5, 0.6) is 5.75 Å². The van der Waals surface area contributed by atoms with Crippen LogP contribution in [0.25, 0.3) is 0 Å². The van der Waals surface area contributed by atoms with E-state index in [4.69, 9.17) is 16.3 Å². The monoisotopic (exact) mass is 312 g/mol. The first-order valence-corrected chi connectivity index (χ1v) is 7.06. The summed E-state index contributed by atoms with van der Waals surface area (Å²) >= 11 is 5.77. The summed E-state index contributed by atoms with van der Waals surface area (Å²) < 4.78 is 5.46. The van der Waals surface area contributed by atoms with E-state index in [-0.39, 0.29) is 23.9 Å². The third kappa shape index (κ3) is 6.99. The van der Waals surface area contributed by atoms with Gasteiger partial charge in [0.2, 0.25) is 5.91 Å². The normalized spacial score (nSPS) is 12.4. The molecule has 5 nitrogen and oxygen atoms in total. The van der Waals surface area contributed by atoms with Crippen LogP contribution in [-0.2, 0) is 9.59 Å². The first-order chi connectivity index (χ1) is 9.67. The molecule has 6 heteroatoms. The lowest BCUT2D eigenvalue weighted by Crippen LogP contribution is -2.47. The summed E-state index contributed by atoms with van der Waals surface area (Å²) in [7, 11) is 0. The number of benzene rings is 1. The standard InChI is InChI=1S/C15H21ClN2O3/c1-10(21-12-7-5-11(16)6-8-12)14(20)17-9-13(19)18-15(2,3)4/h5-8,10H,9H2,1-4H3,(H,17,20)(H,18,19). The van der Waals surface area contributed by atoms with Crippen molar-refractivity contribution >= 4 is 23.4 Å². The van der Waals surface area contributed by atoms with Crippen LogP contribution < -0.4 is 15.4 Å². The van der Waals surface area contributed by atoms with Crippen molar-refractivity contribution in [3.8, 4) is 5.75 Å². The molecule has 116 valence electrons. The minimum absolute atomic E-state index is 0.0789. The second kappa shape index (κ2) is 7.31. The molecule has 0 fully saturated rings. The molecular formula is C15H21ClN2O3. The maximum Gasteiger partial charge on any atom is 0.261 e. The zero-order valence-corrected chi connectivity index (χ0v) is 13.5. The second-order valence-corrected chi connectivity index (χ2v) is 6.17. The van der Waals surface area contributed by atoms with Crippen molar-refractivity contribution in [3.05, 3.63) is 29.3 Å². The number of carbonyl (C=O) groups excluding carboxylic acids is 2. The van der Waals surface area contributed by atoms with Crippen molar-refractivity contribution in [2.45, 2.75) is 39.3 Å². The minimum atomic E-state index is -0.700. The molecule has 0 aliphatic carbocycles. The number of carbonyl (C=O) groups is 2. The topological polar surface area (TPSA) is 67.4 Å². The Balaban J connectivity index is 2.41. The largest absolute Gasteiger partial charge is 0.481 e. The summed E-state index contributed by atoms with van der Waals surface area (Å²) in [5, 5.41) is 5.89. The lowest BCUT2D eigenvalue weighted by Gasteiger charge is -2.21. The molecule has 2 amide bonds. The molecule has 0 saturated heterocycles. The van der Waals surface area contributed by atoms with Crippen LogP contribution in [0.3, 0.4) is 0 Å². The highest BCUT2D eigenvalue weighted by Crippen LogP contribution is 2.16. The average molecular weight is 313 g/mol. The zero-order valence-electron chi connectivity index (χ0n) is 12.7. The molecule has 1 unspecified atom stereocenters. The van der Waals surface area contributed by atoms with Gasteiger partial charge in [0.15, 0.2) is 6.10 Å². The van der Waals surface area contributed by atoms with Gasteiger partial charge in [0.05, 0.1) is 6.54 Å². The molecule has 1 rings (SSSR count). The van der Waals surface area contributed by atoms with Crippen molar-refractivity contribution in [2.75, 3.05) is 6.54 Å². The van der Waals surface area contributed by atoms with Crippen LogP contribution in [0, 0.1) is 0 Å². The highest BCUT2D eigenvalue weighted by atomic mass is 35.5. The molecule has 2 N–H and O–H groups in total. The Hall–Kier alpha value is -1.75. The molecule has 21 heavy (non-hydrogen) atoms. The van der Waals surface area contributed by atoms with E-state index < -0.39 is 6.10 Å². The lowest BCUT2D eigenvalue weighted by atomic mass is 10.1. The van der Waals surface area contributed by atoms with Gasteiger partial charge in [-0.25, -0.2) is 0 Å². The van der Waals surface area contributed by atoms with Gasteiger partial charge in [0, 0.05) is 10.6 Å². The van der Waals surface area contributed by atoms with E-state index in [0.29, 0.717) is 10.8 Å². The molecule has 1 aromatic rings. The fourth-order valence-electron chi connectivity index (χ4n) is 1.54. The van der Waals surface area contributed by atoms with Gasteiger partial charge in [-0.05, 0) is 52.0 Å². The summed E-state index contributed by atoms with van der Waals surface area (Å²) in [6.45, 7) is 7.16. The van der Waals surface area contributed by atoms with Gasteiger partial charge in [0.1, 0.15) is 5.75 Å². The molecule has 0 saturated carbocycles. The predicted molar refractivity (Wildman–Crippen MR) is 82.4 cm³/mol. The minimum Gasteiger partial charge on any atom is -0.481 e. The van der Waals surface area contributed by atoms with Gasteiger partial charge in [0.25, 0.3) is 5.91 Å². The third-order valence-electron chi connectivity index (χ3n) is 2.43. The van der Waals surface area contributed by atoms with Crippen LogP contribution in [-0.4, -0.2) is 30.0 Å². The first kappa shape index (κ1) is 17.3. The predicted octanol–water partition coefficient (Wildman–Crippen LogP) is 2.14. The highest BCUT2D eigenvalue weighted by molar-refractivity contribution is 6.30. The third-order valence-corrected chi connectivity index (χ3v) is 2.69. The Bertz CT molecular complexity index is 495. The number of rotatable bonds is 5. The molecule has 0 heterocycles. The van der Waals surface area contributed by atoms with Gasteiger partial charge >= 0.3 is 0 Å². The molecule has 0 aromatic heterocycles. The van der Waals surface area contributed by atoms with Crippen molar-refractivity contribution in [1.82, 2.24) is 10.6 Å². The molecule has 0 radical (unpaired) electrons. The molecule has 1 atom stereocenters. The summed E-state index contributed by atoms with van der Waals surface area (Å²) in [6, 6.07) is 6.72. The fourth-order valence-corrected chi connectivity index (χ4v) is 1.67. The summed E-state index contributed by atoms with van der Waals surface area (Å²) in [5.41, 5.74) is -0.326. The van der Waals surface area contributed by atoms with E-state index >= 15 is 0 Å². The SMILES string of the molecule is CC(Oc1ccc(Cl)cc1)C(=O)NCC(=O)NC(C)(C)C. The van der Waals surface area contributed by atoms with E-state index in [2.05, 4.69) is 10.6 Å². The van der Waals surface area contributed by atoms with Crippen LogP contribution in [0.4, 0.5) is 0 Å². The van der Waals surface area contributed by atoms with Crippen molar-refractivity contribution in [1.29, 1.82) is 0 Å². The van der Waals surface area contributed by atoms with Gasteiger partial charge in [-0.1, -0.05) is 11.6 Å². The second-order valence-electron chi connectivity index (χ2n) is 5.73. The van der Waals surface area contributed by atoms with Crippen LogP contribution in [0.1, 0.15) is 27.7 Å². The van der Waals surface area contributed by atoms with E-state index in [1.807, 2.05) is 20.8 Å². The summed E-state index contributed by atoms with van der Waals surface area (Å²) in [6.07, 6.45) is -0.700. The van der Waals surface area contributed by atoms with Gasteiger partial charge in [-0.2, -0.15) is 0 Å². The molecule has 1 aromatic carbocycles. The van der Waals surface area contributed by atoms with E-state index in [1.54, 1.807) is 31.2 Å². The molecular weight excluding hydrogens is 292 g/mol. The first-order valence-electron chi connectivity index (χ1n) is 6.68. The Morgan fingerprint density at radius 2 is 1.81 bits per heavy atom. The van der Waals surface area contributed by atoms with Crippen LogP contribution >= 0.6 is 11.6 Å². The summed E-state index contributed by atoms with van der Waals surface area (Å²) in [4.78, 5) is 23.4. The van der Waals surface area contributed by atoms with Gasteiger partial charge in [-0.3, -0.25) is 9.59 Å². The number of hydrogen-bond acceptors (Lipinski definition) is 3. The number of ether oxygens (including phenoxy) is 1. The van der Waals surface area contributed by atoms with Crippen molar-refractivity contribution < 1.29 is 14.3 Å². The van der Waals surface area contributed by atoms with Crippen molar-refractivity contribution in [3.63, 3.8) is 0 Å². The molecule has 0 aliphatic rings. The summed E-state index contributed by atoms with van der Waals surface area (Å²) in [5.74, 6) is -0.0512. The quantitative estimate of drug-likeness (QED) is 0.875. The number of hydrogen-bond donors (Lipinski definition) is 2. The zero-order chi connectivity index (χ0) is 16.0. The maximum atomic E-state index is 11.8. The maximum absolute atomic E-state index is 11.8. The van der Waals surface area contributed by atoms with Crippen LogP contribution in [0.2, 0.25) is 5.02 Å². The van der Waals surface area contributed by atoms with Crippen molar-refractivity contribution in [2.24, 2.45) is 0 Å². The average Bonchev–Trinajstić information content (AvgIpc) is 2.36. The highest BCUT2D eigenvalue weighted by Gasteiger charge is 2.18. The Morgan fingerprint density at radius 1 is 1.24 bits per heavy atom. The van der Waals surface area contributed by atoms with Gasteiger partial charge in [-0.15, -0.1) is 0 Å². The van der Waals surface area contributed by atoms with E-state index in [9.17, 15) is 9.59 Å². The van der Waals surface area contributed by atoms with Gasteiger partial charge < -0.3 is 15.4 Å². The van der Waals surface area contributed by atoms with E-state index in [0.717, 1.165) is 0 Å². The Morgan fingerprint density at radius 3 is 2.33 bits per heavy atom. The number of nitrogens with one attached hydrogen (secondary N) is 2. The van der Waals surface area contributed by atoms with Crippen LogP contribution in [0.15, 0.2) is 24.3 Å². The number of halogens is 1. The van der Waals surface area contributed by atoms with E-state index in [1.165, 1.54) is 0 Å². The Kier molecular flexibility index (Phi) is 6.03. The number of amides is 2. The molecule has 0 aliphatic heterocycles. The fraction of sp³-hybridized carbons (Fsp3) is 0.467. The smallest absolute Gasteiger partial charge is 0.261 e. The molecule has 0 bridgehead atoms. The lowest BCUT2D eigenvalue weighted by molar-refractivity contribution is -0.130. The molecule has 0 spiro atoms. The Labute approximate surface area is 130 Å².